The minimum absolute atomic E-state index is 0.284. The van der Waals surface area contributed by atoms with Crippen molar-refractivity contribution in [2.24, 2.45) is 0 Å². The van der Waals surface area contributed by atoms with E-state index >= 15 is 0 Å². The van der Waals surface area contributed by atoms with Gasteiger partial charge in [-0.15, -0.1) is 0 Å². The monoisotopic (exact) mass is 574 g/mol. The summed E-state index contributed by atoms with van der Waals surface area (Å²) in [6, 6.07) is -1.67. The maximum atomic E-state index is 13.5. The predicted molar refractivity (Wildman–Crippen MR) is 140 cm³/mol. The van der Waals surface area contributed by atoms with Crippen LogP contribution in [0.5, 0.6) is 0 Å². The molecule has 3 heterocycles. The minimum Gasteiger partial charge on any atom is -0.335 e. The largest absolute Gasteiger partial charge is 0.335 e. The van der Waals surface area contributed by atoms with Gasteiger partial charge in [-0.3, -0.25) is 8.37 Å². The van der Waals surface area contributed by atoms with E-state index in [9.17, 15) is 21.6 Å². The molecule has 1 aliphatic heterocycles. The van der Waals surface area contributed by atoms with Crippen LogP contribution in [0.15, 0.2) is 24.8 Å². The molecule has 2 amide bonds. The normalized spacial score (nSPS) is 18.6. The molecule has 2 aromatic heterocycles. The molecule has 0 spiro atoms. The van der Waals surface area contributed by atoms with Crippen molar-refractivity contribution in [1.29, 1.82) is 0 Å². The van der Waals surface area contributed by atoms with E-state index in [1.807, 2.05) is 35.4 Å². The summed E-state index contributed by atoms with van der Waals surface area (Å²) < 4.78 is 61.3. The molecule has 1 fully saturated rings. The summed E-state index contributed by atoms with van der Waals surface area (Å²) in [5, 5.41) is 0. The van der Waals surface area contributed by atoms with E-state index in [0.717, 1.165) is 50.1 Å². The number of urea groups is 1. The van der Waals surface area contributed by atoms with Gasteiger partial charge in [0.05, 0.1) is 37.8 Å². The number of amides is 2. The van der Waals surface area contributed by atoms with Crippen LogP contribution in [-0.2, 0) is 41.7 Å². The molecular weight excluding hydrogens is 536 g/mol. The average Bonchev–Trinajstić information content (AvgIpc) is 3.49. The Bertz CT molecular complexity index is 1180. The van der Waals surface area contributed by atoms with Crippen LogP contribution in [0.2, 0.25) is 0 Å². The highest BCUT2D eigenvalue weighted by Gasteiger charge is 2.46. The smallest absolute Gasteiger partial charge is 0.320 e. The van der Waals surface area contributed by atoms with Crippen LogP contribution in [0.3, 0.4) is 0 Å². The van der Waals surface area contributed by atoms with Crippen molar-refractivity contribution in [2.45, 2.75) is 64.7 Å². The van der Waals surface area contributed by atoms with Gasteiger partial charge in [-0.25, -0.2) is 14.8 Å². The number of aryl methyl sites for hydroxylation is 4. The number of rotatable bonds is 16. The van der Waals surface area contributed by atoms with E-state index in [-0.39, 0.29) is 19.2 Å². The molecular formula is C23H38N6O7S2. The molecule has 2 aromatic rings. The highest BCUT2D eigenvalue weighted by Crippen LogP contribution is 2.26. The first-order valence-corrected chi connectivity index (χ1v) is 16.2. The van der Waals surface area contributed by atoms with E-state index in [1.54, 1.807) is 22.2 Å². The third-order valence-corrected chi connectivity index (χ3v) is 7.71. The lowest BCUT2D eigenvalue weighted by Crippen LogP contribution is -2.45. The summed E-state index contributed by atoms with van der Waals surface area (Å²) in [5.74, 6) is 1.80. The molecule has 1 saturated heterocycles. The molecule has 0 saturated carbocycles. The number of unbranched alkanes of at least 4 members (excludes halogenated alkanes) is 2. The molecule has 3 rings (SSSR count). The number of aromatic nitrogens is 4. The fourth-order valence-corrected chi connectivity index (χ4v) is 5.36. The fraction of sp³-hybridized carbons (Fsp3) is 0.696. The second kappa shape index (κ2) is 13.0. The first kappa shape index (κ1) is 30.1. The van der Waals surface area contributed by atoms with Gasteiger partial charge in [-0.05, 0) is 39.5 Å². The van der Waals surface area contributed by atoms with Crippen LogP contribution >= 0.6 is 0 Å². The van der Waals surface area contributed by atoms with Crippen LogP contribution < -0.4 is 0 Å². The van der Waals surface area contributed by atoms with Crippen molar-refractivity contribution in [1.82, 2.24) is 28.9 Å². The summed E-state index contributed by atoms with van der Waals surface area (Å²) in [7, 11) is -7.56. The second-order valence-corrected chi connectivity index (χ2v) is 12.8. The zero-order chi connectivity index (χ0) is 27.9. The standard InChI is InChI=1S/C23H38N6O7S2/c1-19-24-9-15-26(19)11-5-7-13-28-21(17-35-37(3,31)32)22(18-36-38(4,33)34)29(23(28)30)14-8-6-12-27-16-10-25-20(27)2/h9-10,15-16,21-22H,5-8,11-14,17-18H2,1-4H3/t21-,22-/m1/s1. The number of hydrogen-bond acceptors (Lipinski definition) is 9. The van der Waals surface area contributed by atoms with Crippen LogP contribution in [-0.4, -0.2) is 103 Å². The first-order valence-electron chi connectivity index (χ1n) is 12.6. The van der Waals surface area contributed by atoms with Gasteiger partial charge in [0.2, 0.25) is 0 Å². The summed E-state index contributed by atoms with van der Waals surface area (Å²) >= 11 is 0. The molecule has 38 heavy (non-hydrogen) atoms. The Morgan fingerprint density at radius 1 is 0.711 bits per heavy atom. The Morgan fingerprint density at radius 2 is 1.08 bits per heavy atom. The molecule has 13 nitrogen and oxygen atoms in total. The number of carbonyl (C=O) groups excluding carboxylic acids is 1. The van der Waals surface area contributed by atoms with Crippen LogP contribution in [0.1, 0.15) is 37.3 Å². The zero-order valence-electron chi connectivity index (χ0n) is 22.4. The Morgan fingerprint density at radius 3 is 1.39 bits per heavy atom. The lowest BCUT2D eigenvalue weighted by Gasteiger charge is -2.27. The van der Waals surface area contributed by atoms with Crippen molar-refractivity contribution in [3.8, 4) is 0 Å². The maximum absolute atomic E-state index is 13.5. The number of hydrogen-bond donors (Lipinski definition) is 0. The Labute approximate surface area is 225 Å². The molecule has 1 aliphatic rings. The van der Waals surface area contributed by atoms with Gasteiger partial charge in [0.25, 0.3) is 20.2 Å². The predicted octanol–water partition coefficient (Wildman–Crippen LogP) is 1.38. The van der Waals surface area contributed by atoms with E-state index in [0.29, 0.717) is 25.9 Å². The number of nitrogens with zero attached hydrogens (tertiary/aromatic N) is 6. The van der Waals surface area contributed by atoms with Gasteiger partial charge < -0.3 is 18.9 Å². The van der Waals surface area contributed by atoms with E-state index in [4.69, 9.17) is 8.37 Å². The van der Waals surface area contributed by atoms with Crippen molar-refractivity contribution in [3.05, 3.63) is 36.4 Å². The van der Waals surface area contributed by atoms with E-state index in [2.05, 4.69) is 9.97 Å². The summed E-state index contributed by atoms with van der Waals surface area (Å²) in [4.78, 5) is 25.1. The number of carbonyl (C=O) groups is 1. The summed E-state index contributed by atoms with van der Waals surface area (Å²) in [6.45, 7) is 5.46. The number of imidazole rings is 2. The Hall–Kier alpha value is -2.49. The van der Waals surface area contributed by atoms with E-state index < -0.39 is 32.3 Å². The topological polar surface area (TPSA) is 146 Å². The zero-order valence-corrected chi connectivity index (χ0v) is 24.0. The first-order chi connectivity index (χ1) is 17.9. The molecule has 0 unspecified atom stereocenters. The highest BCUT2D eigenvalue weighted by molar-refractivity contribution is 7.86. The Balaban J connectivity index is 1.71. The Kier molecular flexibility index (Phi) is 10.3. The van der Waals surface area contributed by atoms with Crippen LogP contribution in [0.25, 0.3) is 0 Å². The molecule has 0 aliphatic carbocycles. The SMILES string of the molecule is Cc1nccn1CCCCN1C(=O)N(CCCCn2ccnc2C)[C@H](COS(C)(=O)=O)[C@H]1COS(C)(=O)=O. The van der Waals surface area contributed by atoms with Crippen molar-refractivity contribution in [3.63, 3.8) is 0 Å². The molecule has 0 radical (unpaired) electrons. The van der Waals surface area contributed by atoms with Crippen molar-refractivity contribution in [2.75, 3.05) is 38.8 Å². The third kappa shape index (κ3) is 8.78. The molecule has 0 aromatic carbocycles. The van der Waals surface area contributed by atoms with Crippen molar-refractivity contribution < 1.29 is 30.0 Å². The van der Waals surface area contributed by atoms with E-state index in [1.165, 1.54) is 0 Å². The van der Waals surface area contributed by atoms with Crippen LogP contribution in [0.4, 0.5) is 4.79 Å². The van der Waals surface area contributed by atoms with Gasteiger partial charge >= 0.3 is 6.03 Å². The van der Waals surface area contributed by atoms with Gasteiger partial charge in [0.1, 0.15) is 11.6 Å². The lowest BCUT2D eigenvalue weighted by molar-refractivity contribution is 0.139. The van der Waals surface area contributed by atoms with Gasteiger partial charge in [-0.2, -0.15) is 16.8 Å². The second-order valence-electron chi connectivity index (χ2n) is 9.53. The maximum Gasteiger partial charge on any atom is 0.320 e. The van der Waals surface area contributed by atoms with Gasteiger partial charge in [-0.1, -0.05) is 0 Å². The quantitative estimate of drug-likeness (QED) is 0.214. The fourth-order valence-electron chi connectivity index (χ4n) is 4.58. The van der Waals surface area contributed by atoms with Crippen molar-refractivity contribution >= 4 is 26.3 Å². The highest BCUT2D eigenvalue weighted by atomic mass is 32.2. The van der Waals surface area contributed by atoms with Gasteiger partial charge in [0.15, 0.2) is 0 Å². The van der Waals surface area contributed by atoms with Gasteiger partial charge in [0, 0.05) is 51.0 Å². The average molecular weight is 575 g/mol. The molecule has 2 atom stereocenters. The summed E-state index contributed by atoms with van der Waals surface area (Å²) in [6.07, 6.45) is 12.0. The molecule has 0 N–H and O–H groups in total. The molecule has 214 valence electrons. The molecule has 15 heteroatoms. The minimum atomic E-state index is -3.78. The lowest BCUT2D eigenvalue weighted by atomic mass is 10.1. The molecule has 0 bridgehead atoms. The van der Waals surface area contributed by atoms with Crippen LogP contribution in [0, 0.1) is 13.8 Å². The third-order valence-electron chi connectivity index (χ3n) is 6.59. The summed E-state index contributed by atoms with van der Waals surface area (Å²) in [5.41, 5.74) is 0.